The monoisotopic (exact) mass is 333 g/mol. The number of thiazole rings is 1. The molecule has 0 aliphatic heterocycles. The van der Waals surface area contributed by atoms with E-state index in [0.717, 1.165) is 9.88 Å². The summed E-state index contributed by atoms with van der Waals surface area (Å²) in [6.45, 7) is 10.3. The normalized spacial score (nSPS) is 11.5. The van der Waals surface area contributed by atoms with Gasteiger partial charge in [-0.2, -0.15) is 5.26 Å². The third-order valence-electron chi connectivity index (χ3n) is 3.06. The molecular formula is C16H19N3OS2. The van der Waals surface area contributed by atoms with Crippen molar-refractivity contribution in [2.45, 2.75) is 46.0 Å². The summed E-state index contributed by atoms with van der Waals surface area (Å²) in [5.41, 5.74) is 0.538. The number of nitrogens with one attached hydrogen (secondary N) is 1. The number of amides is 1. The lowest BCUT2D eigenvalue weighted by molar-refractivity contribution is 0.103. The second-order valence-electron chi connectivity index (χ2n) is 6.39. The summed E-state index contributed by atoms with van der Waals surface area (Å²) in [5, 5.41) is 13.0. The highest BCUT2D eigenvalue weighted by atomic mass is 32.1. The van der Waals surface area contributed by atoms with Crippen LogP contribution in [0, 0.1) is 11.3 Å². The second kappa shape index (κ2) is 6.19. The maximum absolute atomic E-state index is 12.3. The number of nitrogens with zero attached hydrogens (tertiary/aromatic N) is 2. The number of thiophene rings is 1. The molecule has 2 aromatic heterocycles. The number of aromatic nitrogens is 1. The Balaban J connectivity index is 2.24. The fourth-order valence-electron chi connectivity index (χ4n) is 1.78. The van der Waals surface area contributed by atoms with Crippen molar-refractivity contribution in [1.82, 2.24) is 4.98 Å². The Labute approximate surface area is 138 Å². The molecule has 22 heavy (non-hydrogen) atoms. The highest BCUT2D eigenvalue weighted by molar-refractivity contribution is 7.14. The van der Waals surface area contributed by atoms with Crippen LogP contribution in [0.5, 0.6) is 0 Å². The summed E-state index contributed by atoms with van der Waals surface area (Å²) in [4.78, 5) is 18.8. The molecule has 1 amide bonds. The van der Waals surface area contributed by atoms with Gasteiger partial charge in [0.1, 0.15) is 15.8 Å². The number of carbonyl (C=O) groups excluding carboxylic acids is 1. The van der Waals surface area contributed by atoms with E-state index in [4.69, 9.17) is 0 Å². The van der Waals surface area contributed by atoms with Gasteiger partial charge >= 0.3 is 0 Å². The van der Waals surface area contributed by atoms with Gasteiger partial charge in [-0.05, 0) is 11.5 Å². The first-order chi connectivity index (χ1) is 10.2. The van der Waals surface area contributed by atoms with E-state index >= 15 is 0 Å². The molecule has 1 N–H and O–H groups in total. The van der Waals surface area contributed by atoms with E-state index < -0.39 is 0 Å². The second-order valence-corrected chi connectivity index (χ2v) is 8.50. The molecule has 6 heteroatoms. The Morgan fingerprint density at radius 1 is 1.36 bits per heavy atom. The first kappa shape index (κ1) is 16.7. The van der Waals surface area contributed by atoms with Crippen molar-refractivity contribution >= 4 is 34.3 Å². The van der Waals surface area contributed by atoms with Crippen LogP contribution in [0.15, 0.2) is 12.3 Å². The largest absolute Gasteiger partial charge is 0.319 e. The zero-order chi connectivity index (χ0) is 16.5. The van der Waals surface area contributed by atoms with Crippen LogP contribution in [0.2, 0.25) is 0 Å². The minimum Gasteiger partial charge on any atom is -0.319 e. The fraction of sp³-hybridized carbons (Fsp3) is 0.438. The molecule has 2 aromatic rings. The topological polar surface area (TPSA) is 65.8 Å². The Morgan fingerprint density at radius 2 is 2.05 bits per heavy atom. The van der Waals surface area contributed by atoms with Crippen LogP contribution in [0.1, 0.15) is 65.0 Å². The molecule has 0 saturated carbocycles. The molecule has 2 rings (SSSR count). The first-order valence-electron chi connectivity index (χ1n) is 7.04. The van der Waals surface area contributed by atoms with Crippen molar-refractivity contribution in [1.29, 1.82) is 5.26 Å². The van der Waals surface area contributed by atoms with Gasteiger partial charge in [-0.25, -0.2) is 4.98 Å². The molecule has 0 aliphatic carbocycles. The highest BCUT2D eigenvalue weighted by Crippen LogP contribution is 2.35. The van der Waals surface area contributed by atoms with Crippen LogP contribution >= 0.6 is 22.7 Å². The van der Waals surface area contributed by atoms with Gasteiger partial charge in [0.2, 0.25) is 0 Å². The molecule has 0 radical (unpaired) electrons. The van der Waals surface area contributed by atoms with Crippen molar-refractivity contribution < 1.29 is 4.79 Å². The minimum absolute atomic E-state index is 0.0471. The van der Waals surface area contributed by atoms with Gasteiger partial charge in [0.25, 0.3) is 5.91 Å². The van der Waals surface area contributed by atoms with E-state index in [-0.39, 0.29) is 11.3 Å². The van der Waals surface area contributed by atoms with E-state index in [2.05, 4.69) is 37.1 Å². The molecule has 0 spiro atoms. The number of rotatable bonds is 3. The van der Waals surface area contributed by atoms with Gasteiger partial charge in [-0.15, -0.1) is 22.7 Å². The molecule has 116 valence electrons. The zero-order valence-electron chi connectivity index (χ0n) is 13.4. The molecule has 0 fully saturated rings. The Hall–Kier alpha value is -1.71. The highest BCUT2D eigenvalue weighted by Gasteiger charge is 2.21. The third kappa shape index (κ3) is 3.54. The lowest BCUT2D eigenvalue weighted by atomic mass is 9.94. The van der Waals surface area contributed by atoms with Crippen molar-refractivity contribution in [3.05, 3.63) is 31.9 Å². The summed E-state index contributed by atoms with van der Waals surface area (Å²) in [7, 11) is 0. The average Bonchev–Trinajstić information content (AvgIpc) is 3.04. The van der Waals surface area contributed by atoms with E-state index in [1.807, 2.05) is 19.9 Å². The Bertz CT molecular complexity index is 729. The Kier molecular flexibility index (Phi) is 4.69. The number of carbonyl (C=O) groups is 1. The van der Waals surface area contributed by atoms with Crippen LogP contribution in [-0.2, 0) is 5.41 Å². The van der Waals surface area contributed by atoms with E-state index in [9.17, 15) is 10.1 Å². The zero-order valence-corrected chi connectivity index (χ0v) is 15.0. The lowest BCUT2D eigenvalue weighted by Crippen LogP contribution is -2.11. The lowest BCUT2D eigenvalue weighted by Gasteiger charge is -2.14. The van der Waals surface area contributed by atoms with Crippen molar-refractivity contribution in [3.63, 3.8) is 0 Å². The maximum Gasteiger partial charge on any atom is 0.267 e. The standard InChI is InChI=1S/C16H19N3OS2/c1-9(2)15-18-8-12(22-15)14(20)19-10-6-13(16(3,4)5)21-11(10)7-17/h6,8-9H,1-5H3,(H,19,20). The SMILES string of the molecule is CC(C)c1ncc(C(=O)Nc2cc(C(C)(C)C)sc2C#N)s1. The predicted octanol–water partition coefficient (Wildman–Crippen LogP) is 4.75. The summed E-state index contributed by atoms with van der Waals surface area (Å²) >= 11 is 2.82. The van der Waals surface area contributed by atoms with Crippen LogP contribution in [0.25, 0.3) is 0 Å². The summed E-state index contributed by atoms with van der Waals surface area (Å²) in [6.07, 6.45) is 1.60. The molecule has 0 atom stereocenters. The Morgan fingerprint density at radius 3 is 2.55 bits per heavy atom. The van der Waals surface area contributed by atoms with Gasteiger partial charge in [-0.1, -0.05) is 34.6 Å². The van der Waals surface area contributed by atoms with Crippen LogP contribution in [0.3, 0.4) is 0 Å². The number of hydrogen-bond acceptors (Lipinski definition) is 5. The van der Waals surface area contributed by atoms with E-state index in [0.29, 0.717) is 21.4 Å². The number of nitriles is 1. The quantitative estimate of drug-likeness (QED) is 0.881. The fourth-order valence-corrected chi connectivity index (χ4v) is 3.56. The smallest absolute Gasteiger partial charge is 0.267 e. The summed E-state index contributed by atoms with van der Waals surface area (Å²) in [5.74, 6) is 0.0917. The average molecular weight is 333 g/mol. The summed E-state index contributed by atoms with van der Waals surface area (Å²) in [6, 6.07) is 4.05. The van der Waals surface area contributed by atoms with Crippen LogP contribution in [0.4, 0.5) is 5.69 Å². The molecule has 0 saturated heterocycles. The number of hydrogen-bond donors (Lipinski definition) is 1. The molecule has 0 aliphatic rings. The number of anilines is 1. The van der Waals surface area contributed by atoms with Gasteiger partial charge in [0.05, 0.1) is 16.9 Å². The summed E-state index contributed by atoms with van der Waals surface area (Å²) < 4.78 is 0. The molecule has 4 nitrogen and oxygen atoms in total. The van der Waals surface area contributed by atoms with E-state index in [1.54, 1.807) is 6.20 Å². The van der Waals surface area contributed by atoms with Crippen LogP contribution < -0.4 is 5.32 Å². The molecule has 0 aromatic carbocycles. The van der Waals surface area contributed by atoms with Crippen molar-refractivity contribution in [2.24, 2.45) is 0 Å². The van der Waals surface area contributed by atoms with Crippen LogP contribution in [-0.4, -0.2) is 10.9 Å². The van der Waals surface area contributed by atoms with Crippen molar-refractivity contribution in [3.8, 4) is 6.07 Å². The predicted molar refractivity (Wildman–Crippen MR) is 91.9 cm³/mol. The molecule has 0 unspecified atom stereocenters. The van der Waals surface area contributed by atoms with Gasteiger partial charge in [0.15, 0.2) is 0 Å². The molecule has 2 heterocycles. The molecule has 0 bridgehead atoms. The van der Waals surface area contributed by atoms with Gasteiger partial charge in [0, 0.05) is 10.8 Å². The van der Waals surface area contributed by atoms with Crippen molar-refractivity contribution in [2.75, 3.05) is 5.32 Å². The minimum atomic E-state index is -0.209. The van der Waals surface area contributed by atoms with Gasteiger partial charge < -0.3 is 5.32 Å². The van der Waals surface area contributed by atoms with Gasteiger partial charge in [-0.3, -0.25) is 4.79 Å². The van der Waals surface area contributed by atoms with E-state index in [1.165, 1.54) is 22.7 Å². The first-order valence-corrected chi connectivity index (χ1v) is 8.67. The molecular weight excluding hydrogens is 314 g/mol. The maximum atomic E-state index is 12.3. The third-order valence-corrected chi connectivity index (χ3v) is 5.82.